The van der Waals surface area contributed by atoms with E-state index in [0.29, 0.717) is 5.16 Å². The lowest BCUT2D eigenvalue weighted by atomic mass is 10.2. The average Bonchev–Trinajstić information content (AvgIpc) is 2.46. The van der Waals surface area contributed by atoms with Gasteiger partial charge in [0.15, 0.2) is 5.16 Å². The summed E-state index contributed by atoms with van der Waals surface area (Å²) in [4.78, 5) is 13.2. The van der Waals surface area contributed by atoms with E-state index in [0.717, 1.165) is 27.2 Å². The zero-order chi connectivity index (χ0) is 13.9. The maximum atomic E-state index is 9.52. The topological polar surface area (TPSA) is 58.9 Å². The fourth-order valence-electron chi connectivity index (χ4n) is 1.91. The molecule has 3 aromatic rings. The van der Waals surface area contributed by atoms with E-state index in [9.17, 15) is 5.11 Å². The van der Waals surface area contributed by atoms with Crippen molar-refractivity contribution in [3.05, 3.63) is 53.9 Å². The second-order valence-electron chi connectivity index (χ2n) is 4.39. The van der Waals surface area contributed by atoms with Crippen LogP contribution in [-0.4, -0.2) is 20.1 Å². The molecule has 2 aromatic heterocycles. The van der Waals surface area contributed by atoms with Crippen LogP contribution >= 0.6 is 11.8 Å². The van der Waals surface area contributed by atoms with E-state index in [1.165, 1.54) is 11.8 Å². The first-order valence-corrected chi connectivity index (χ1v) is 7.05. The van der Waals surface area contributed by atoms with Gasteiger partial charge >= 0.3 is 0 Å². The second kappa shape index (κ2) is 5.56. The van der Waals surface area contributed by atoms with E-state index in [2.05, 4.69) is 15.0 Å². The molecular formula is C15H13N3OS. The zero-order valence-electron chi connectivity index (χ0n) is 10.9. The SMILES string of the molecule is Cc1ccnc(Sc2nc3ccccc3cc2CO)n1. The number of aliphatic hydroxyl groups is 1. The van der Waals surface area contributed by atoms with Gasteiger partial charge in [0.25, 0.3) is 0 Å². The van der Waals surface area contributed by atoms with Crippen LogP contribution in [0.5, 0.6) is 0 Å². The summed E-state index contributed by atoms with van der Waals surface area (Å²) in [6.45, 7) is 1.87. The van der Waals surface area contributed by atoms with Crippen molar-refractivity contribution in [2.24, 2.45) is 0 Å². The Bertz CT molecular complexity index is 761. The molecule has 0 unspecified atom stereocenters. The van der Waals surface area contributed by atoms with Gasteiger partial charge in [-0.05, 0) is 36.9 Å². The van der Waals surface area contributed by atoms with E-state index in [1.54, 1.807) is 6.20 Å². The van der Waals surface area contributed by atoms with Crippen LogP contribution in [0, 0.1) is 6.92 Å². The number of aliphatic hydroxyl groups excluding tert-OH is 1. The predicted molar refractivity (Wildman–Crippen MR) is 78.6 cm³/mol. The molecule has 0 aliphatic rings. The molecule has 2 heterocycles. The van der Waals surface area contributed by atoms with Gasteiger partial charge in [-0.15, -0.1) is 0 Å². The molecule has 0 saturated carbocycles. The van der Waals surface area contributed by atoms with Crippen molar-refractivity contribution in [1.29, 1.82) is 0 Å². The molecule has 0 amide bonds. The van der Waals surface area contributed by atoms with Crippen molar-refractivity contribution < 1.29 is 5.11 Å². The first-order valence-electron chi connectivity index (χ1n) is 6.23. The fraction of sp³-hybridized carbons (Fsp3) is 0.133. The van der Waals surface area contributed by atoms with E-state index >= 15 is 0 Å². The maximum Gasteiger partial charge on any atom is 0.194 e. The fourth-order valence-corrected chi connectivity index (χ4v) is 2.78. The standard InChI is InChI=1S/C15H13N3OS/c1-10-6-7-16-15(17-10)20-14-12(9-19)8-11-4-2-3-5-13(11)18-14/h2-8,19H,9H2,1H3. The summed E-state index contributed by atoms with van der Waals surface area (Å²) in [5, 5.41) is 11.9. The number of nitrogens with zero attached hydrogens (tertiary/aromatic N) is 3. The van der Waals surface area contributed by atoms with Crippen molar-refractivity contribution in [2.75, 3.05) is 0 Å². The minimum absolute atomic E-state index is 0.0496. The van der Waals surface area contributed by atoms with Crippen LogP contribution in [-0.2, 0) is 6.61 Å². The lowest BCUT2D eigenvalue weighted by Crippen LogP contribution is -1.95. The number of hydrogen-bond donors (Lipinski definition) is 1. The van der Waals surface area contributed by atoms with Crippen LogP contribution in [0.1, 0.15) is 11.3 Å². The number of rotatable bonds is 3. The third kappa shape index (κ3) is 2.64. The van der Waals surface area contributed by atoms with Gasteiger partial charge in [0, 0.05) is 22.8 Å². The molecule has 0 saturated heterocycles. The Morgan fingerprint density at radius 1 is 1.15 bits per heavy atom. The summed E-state index contributed by atoms with van der Waals surface area (Å²) in [7, 11) is 0. The highest BCUT2D eigenvalue weighted by Crippen LogP contribution is 2.28. The second-order valence-corrected chi connectivity index (χ2v) is 5.34. The summed E-state index contributed by atoms with van der Waals surface area (Å²) < 4.78 is 0. The van der Waals surface area contributed by atoms with Crippen molar-refractivity contribution >= 4 is 22.7 Å². The molecule has 0 radical (unpaired) electrons. The third-order valence-corrected chi connectivity index (χ3v) is 3.82. The predicted octanol–water partition coefficient (Wildman–Crippen LogP) is 2.98. The number of aryl methyl sites for hydroxylation is 1. The van der Waals surface area contributed by atoms with Gasteiger partial charge in [-0.3, -0.25) is 0 Å². The summed E-state index contributed by atoms with van der Waals surface area (Å²) >= 11 is 1.37. The Kier molecular flexibility index (Phi) is 3.62. The Hall–Kier alpha value is -1.98. The summed E-state index contributed by atoms with van der Waals surface area (Å²) in [6, 6.07) is 11.7. The van der Waals surface area contributed by atoms with Gasteiger partial charge in [0.1, 0.15) is 5.03 Å². The van der Waals surface area contributed by atoms with Gasteiger partial charge < -0.3 is 5.11 Å². The molecule has 5 heteroatoms. The van der Waals surface area contributed by atoms with E-state index in [4.69, 9.17) is 0 Å². The maximum absolute atomic E-state index is 9.52. The molecular weight excluding hydrogens is 270 g/mol. The highest BCUT2D eigenvalue weighted by atomic mass is 32.2. The molecule has 0 bridgehead atoms. The quantitative estimate of drug-likeness (QED) is 0.749. The van der Waals surface area contributed by atoms with Crippen molar-refractivity contribution in [3.63, 3.8) is 0 Å². The van der Waals surface area contributed by atoms with E-state index in [1.807, 2.05) is 43.3 Å². The number of hydrogen-bond acceptors (Lipinski definition) is 5. The van der Waals surface area contributed by atoms with Crippen molar-refractivity contribution in [1.82, 2.24) is 15.0 Å². The molecule has 1 aromatic carbocycles. The number of benzene rings is 1. The Morgan fingerprint density at radius 2 is 2.00 bits per heavy atom. The summed E-state index contributed by atoms with van der Waals surface area (Å²) in [5.74, 6) is 0. The van der Waals surface area contributed by atoms with Crippen LogP contribution in [0.2, 0.25) is 0 Å². The van der Waals surface area contributed by atoms with E-state index < -0.39 is 0 Å². The van der Waals surface area contributed by atoms with Gasteiger partial charge in [0.05, 0.1) is 12.1 Å². The molecule has 1 N–H and O–H groups in total. The van der Waals surface area contributed by atoms with Crippen molar-refractivity contribution in [2.45, 2.75) is 23.7 Å². The monoisotopic (exact) mass is 283 g/mol. The highest BCUT2D eigenvalue weighted by Gasteiger charge is 2.09. The normalized spacial score (nSPS) is 10.9. The molecule has 4 nitrogen and oxygen atoms in total. The zero-order valence-corrected chi connectivity index (χ0v) is 11.8. The molecule has 20 heavy (non-hydrogen) atoms. The largest absolute Gasteiger partial charge is 0.392 e. The van der Waals surface area contributed by atoms with Gasteiger partial charge in [-0.1, -0.05) is 18.2 Å². The number of fused-ring (bicyclic) bond motifs is 1. The van der Waals surface area contributed by atoms with E-state index in [-0.39, 0.29) is 6.61 Å². The van der Waals surface area contributed by atoms with Crippen LogP contribution in [0.3, 0.4) is 0 Å². The summed E-state index contributed by atoms with van der Waals surface area (Å²) in [5.41, 5.74) is 2.60. The number of aromatic nitrogens is 3. The van der Waals surface area contributed by atoms with Crippen LogP contribution < -0.4 is 0 Å². The lowest BCUT2D eigenvalue weighted by molar-refractivity contribution is 0.278. The first-order chi connectivity index (χ1) is 9.76. The van der Waals surface area contributed by atoms with Gasteiger partial charge in [0.2, 0.25) is 0 Å². The Labute approximate surface area is 120 Å². The van der Waals surface area contributed by atoms with Crippen LogP contribution in [0.25, 0.3) is 10.9 Å². The number of para-hydroxylation sites is 1. The highest BCUT2D eigenvalue weighted by molar-refractivity contribution is 7.99. The van der Waals surface area contributed by atoms with Crippen molar-refractivity contribution in [3.8, 4) is 0 Å². The minimum atomic E-state index is -0.0496. The molecule has 3 rings (SSSR count). The third-order valence-electron chi connectivity index (χ3n) is 2.89. The Balaban J connectivity index is 2.05. The molecule has 0 atom stereocenters. The minimum Gasteiger partial charge on any atom is -0.392 e. The van der Waals surface area contributed by atoms with Crippen LogP contribution in [0.4, 0.5) is 0 Å². The molecule has 0 spiro atoms. The molecule has 0 fully saturated rings. The van der Waals surface area contributed by atoms with Gasteiger partial charge in [-0.2, -0.15) is 0 Å². The summed E-state index contributed by atoms with van der Waals surface area (Å²) in [6.07, 6.45) is 1.73. The Morgan fingerprint density at radius 3 is 2.80 bits per heavy atom. The van der Waals surface area contributed by atoms with Crippen LogP contribution in [0.15, 0.2) is 52.8 Å². The lowest BCUT2D eigenvalue weighted by Gasteiger charge is -2.07. The average molecular weight is 283 g/mol. The molecule has 100 valence electrons. The number of pyridine rings is 1. The molecule has 0 aliphatic carbocycles. The smallest absolute Gasteiger partial charge is 0.194 e. The first kappa shape index (κ1) is 13.0. The molecule has 0 aliphatic heterocycles. The van der Waals surface area contributed by atoms with Gasteiger partial charge in [-0.25, -0.2) is 15.0 Å².